The topological polar surface area (TPSA) is 53.1 Å². The van der Waals surface area contributed by atoms with Crippen LogP contribution in [0.4, 0.5) is 5.82 Å². The Morgan fingerprint density at radius 1 is 1.04 bits per heavy atom. The number of aromatic hydroxyl groups is 1. The first-order valence-corrected chi connectivity index (χ1v) is 9.63. The van der Waals surface area contributed by atoms with E-state index < -0.39 is 0 Å². The maximum absolute atomic E-state index is 10.4. The van der Waals surface area contributed by atoms with Crippen LogP contribution in [-0.2, 0) is 0 Å². The molecule has 0 fully saturated rings. The van der Waals surface area contributed by atoms with Crippen LogP contribution in [0.5, 0.6) is 5.75 Å². The van der Waals surface area contributed by atoms with Crippen LogP contribution >= 0.6 is 23.6 Å². The number of thiazole rings is 1. The lowest BCUT2D eigenvalue weighted by Gasteiger charge is -2.30. The number of aromatic nitrogens is 1. The van der Waals surface area contributed by atoms with Crippen molar-refractivity contribution in [3.8, 4) is 11.4 Å². The van der Waals surface area contributed by atoms with E-state index in [0.717, 1.165) is 25.9 Å². The molecule has 5 rings (SSSR count). The van der Waals surface area contributed by atoms with Crippen molar-refractivity contribution in [1.29, 1.82) is 0 Å². The fourth-order valence-corrected chi connectivity index (χ4v) is 4.82. The zero-order valence-corrected chi connectivity index (χ0v) is 15.7. The molecule has 5 nitrogen and oxygen atoms in total. The minimum atomic E-state index is -0.354. The summed E-state index contributed by atoms with van der Waals surface area (Å²) in [5, 5.41) is 10.4. The summed E-state index contributed by atoms with van der Waals surface area (Å²) in [4.78, 5) is 12.2. The van der Waals surface area contributed by atoms with Gasteiger partial charge in [-0.3, -0.25) is 9.47 Å². The number of hydrogen-bond acceptors (Lipinski definition) is 6. The highest BCUT2D eigenvalue weighted by molar-refractivity contribution is 7.73. The molecular formula is C20H14N4OS2. The van der Waals surface area contributed by atoms with Gasteiger partial charge < -0.3 is 5.11 Å². The normalized spacial score (nSPS) is 17.4. The van der Waals surface area contributed by atoms with Crippen LogP contribution in [0.25, 0.3) is 5.69 Å². The number of rotatable bonds is 2. The Kier molecular flexibility index (Phi) is 3.77. The van der Waals surface area contributed by atoms with Crippen LogP contribution in [0.3, 0.4) is 0 Å². The Labute approximate surface area is 164 Å². The van der Waals surface area contributed by atoms with Crippen molar-refractivity contribution in [3.63, 3.8) is 0 Å². The van der Waals surface area contributed by atoms with Crippen LogP contribution in [0.2, 0.25) is 0 Å². The second-order valence-corrected chi connectivity index (χ2v) is 7.78. The molecule has 0 amide bonds. The molecule has 3 aromatic rings. The summed E-state index contributed by atoms with van der Waals surface area (Å²) in [5.74, 6) is 1.71. The number of nitrogens with zero attached hydrogens (tertiary/aromatic N) is 4. The van der Waals surface area contributed by atoms with Crippen molar-refractivity contribution in [3.05, 3.63) is 81.3 Å². The molecule has 2 aliphatic heterocycles. The van der Waals surface area contributed by atoms with Gasteiger partial charge >= 0.3 is 0 Å². The van der Waals surface area contributed by atoms with Gasteiger partial charge in [0.15, 0.2) is 3.95 Å². The number of aliphatic imine (C=N–C) groups is 2. The zero-order chi connectivity index (χ0) is 18.4. The van der Waals surface area contributed by atoms with Crippen molar-refractivity contribution in [2.45, 2.75) is 6.04 Å². The van der Waals surface area contributed by atoms with Crippen LogP contribution in [0.15, 0.2) is 76.9 Å². The van der Waals surface area contributed by atoms with Gasteiger partial charge in [0.25, 0.3) is 0 Å². The van der Waals surface area contributed by atoms with Gasteiger partial charge in [-0.25, -0.2) is 9.98 Å². The summed E-state index contributed by atoms with van der Waals surface area (Å²) in [6.07, 6.45) is 5.53. The van der Waals surface area contributed by atoms with E-state index in [1.165, 1.54) is 11.3 Å². The number of fused-ring (bicyclic) bond motifs is 3. The molecule has 2 aromatic carbocycles. The Morgan fingerprint density at radius 2 is 1.81 bits per heavy atom. The van der Waals surface area contributed by atoms with E-state index >= 15 is 0 Å². The van der Waals surface area contributed by atoms with E-state index in [-0.39, 0.29) is 11.8 Å². The van der Waals surface area contributed by atoms with Gasteiger partial charge in [-0.2, -0.15) is 0 Å². The van der Waals surface area contributed by atoms with E-state index in [9.17, 15) is 5.11 Å². The maximum atomic E-state index is 10.4. The average molecular weight is 390 g/mol. The molecular weight excluding hydrogens is 376 g/mol. The minimum absolute atomic E-state index is 0.215. The number of para-hydroxylation sites is 2. The first kappa shape index (κ1) is 16.2. The third-order valence-corrected chi connectivity index (χ3v) is 5.92. The monoisotopic (exact) mass is 390 g/mol. The first-order valence-electron chi connectivity index (χ1n) is 8.41. The molecule has 0 spiro atoms. The van der Waals surface area contributed by atoms with Crippen LogP contribution in [-0.4, -0.2) is 21.8 Å². The van der Waals surface area contributed by atoms with E-state index in [4.69, 9.17) is 17.2 Å². The van der Waals surface area contributed by atoms with Crippen LogP contribution < -0.4 is 4.90 Å². The molecule has 0 saturated heterocycles. The maximum Gasteiger partial charge on any atom is 0.231 e. The molecule has 3 heterocycles. The summed E-state index contributed by atoms with van der Waals surface area (Å²) < 4.78 is 2.77. The summed E-state index contributed by atoms with van der Waals surface area (Å²) in [6, 6.07) is 16.9. The van der Waals surface area contributed by atoms with Crippen molar-refractivity contribution in [1.82, 2.24) is 4.57 Å². The number of benzene rings is 2. The second-order valence-electron chi connectivity index (χ2n) is 6.11. The zero-order valence-electron chi connectivity index (χ0n) is 14.1. The lowest BCUT2D eigenvalue weighted by Crippen LogP contribution is -2.32. The highest BCUT2D eigenvalue weighted by Gasteiger charge is 2.34. The van der Waals surface area contributed by atoms with Crippen molar-refractivity contribution >= 4 is 41.5 Å². The molecule has 27 heavy (non-hydrogen) atoms. The summed E-state index contributed by atoms with van der Waals surface area (Å²) >= 11 is 7.22. The quantitative estimate of drug-likeness (QED) is 0.637. The molecule has 0 radical (unpaired) electrons. The highest BCUT2D eigenvalue weighted by atomic mass is 32.1. The van der Waals surface area contributed by atoms with E-state index in [0.29, 0.717) is 5.96 Å². The summed E-state index contributed by atoms with van der Waals surface area (Å²) in [5.41, 5.74) is 1.73. The fourth-order valence-electron chi connectivity index (χ4n) is 3.32. The predicted octanol–water partition coefficient (Wildman–Crippen LogP) is 4.84. The van der Waals surface area contributed by atoms with Gasteiger partial charge in [-0.15, -0.1) is 11.3 Å². The molecule has 0 bridgehead atoms. The minimum Gasteiger partial charge on any atom is -0.508 e. The van der Waals surface area contributed by atoms with Crippen LogP contribution in [0.1, 0.15) is 16.5 Å². The van der Waals surface area contributed by atoms with Gasteiger partial charge in [0.05, 0.1) is 4.88 Å². The molecule has 2 aliphatic rings. The van der Waals surface area contributed by atoms with Gasteiger partial charge in [0, 0.05) is 23.7 Å². The third kappa shape index (κ3) is 2.55. The van der Waals surface area contributed by atoms with Gasteiger partial charge in [0.1, 0.15) is 17.6 Å². The number of phenolic OH excluding ortho intramolecular Hbond substituents is 1. The number of hydrogen-bond donors (Lipinski definition) is 1. The molecule has 1 N–H and O–H groups in total. The predicted molar refractivity (Wildman–Crippen MR) is 112 cm³/mol. The molecule has 1 unspecified atom stereocenters. The average Bonchev–Trinajstić information content (AvgIpc) is 3.06. The Morgan fingerprint density at radius 3 is 2.63 bits per heavy atom. The number of allylic oxidation sites excluding steroid dienone is 1. The van der Waals surface area contributed by atoms with E-state index in [1.54, 1.807) is 18.3 Å². The summed E-state index contributed by atoms with van der Waals surface area (Å²) in [6.45, 7) is 0. The Balaban J connectivity index is 1.80. The Hall–Kier alpha value is -3.03. The third-order valence-electron chi connectivity index (χ3n) is 4.51. The molecule has 0 aliphatic carbocycles. The molecule has 7 heteroatoms. The molecule has 1 aromatic heterocycles. The highest BCUT2D eigenvalue weighted by Crippen LogP contribution is 2.45. The Bertz CT molecular complexity index is 1170. The number of anilines is 1. The van der Waals surface area contributed by atoms with Gasteiger partial charge in [-0.1, -0.05) is 36.4 Å². The fraction of sp³-hybridized carbons (Fsp3) is 0.0500. The summed E-state index contributed by atoms with van der Waals surface area (Å²) in [7, 11) is 0. The second kappa shape index (κ2) is 6.29. The molecule has 0 saturated carbocycles. The van der Waals surface area contributed by atoms with Crippen molar-refractivity contribution < 1.29 is 5.11 Å². The molecule has 1 atom stereocenters. The number of guanidine groups is 1. The van der Waals surface area contributed by atoms with Gasteiger partial charge in [0.2, 0.25) is 5.96 Å². The lowest BCUT2D eigenvalue weighted by atomic mass is 10.0. The first-order chi connectivity index (χ1) is 13.2. The van der Waals surface area contributed by atoms with Crippen molar-refractivity contribution in [2.75, 3.05) is 4.90 Å². The van der Waals surface area contributed by atoms with Gasteiger partial charge in [-0.05, 0) is 36.5 Å². The standard InChI is InChI=1S/C20H14N4OS2/c25-15-10-5-4-9-14(15)16-17-18(23-12-6-11-21-19(23)22-16)24(20(26)27-17)13-7-2-1-3-8-13/h1-12,16,25H. The smallest absolute Gasteiger partial charge is 0.231 e. The van der Waals surface area contributed by atoms with E-state index in [2.05, 4.69) is 4.99 Å². The SMILES string of the molecule is Oc1ccccc1C1N=C2N=CC=CN2c2c1sc(=S)n2-c1ccccc1. The van der Waals surface area contributed by atoms with Crippen molar-refractivity contribution in [2.24, 2.45) is 9.98 Å². The van der Waals surface area contributed by atoms with Crippen LogP contribution in [0, 0.1) is 3.95 Å². The lowest BCUT2D eigenvalue weighted by molar-refractivity contribution is 0.465. The number of phenols is 1. The largest absolute Gasteiger partial charge is 0.508 e. The van der Waals surface area contributed by atoms with E-state index in [1.807, 2.05) is 64.2 Å². The molecule has 132 valence electrons.